The van der Waals surface area contributed by atoms with Crippen LogP contribution >= 0.6 is 0 Å². The van der Waals surface area contributed by atoms with Crippen LogP contribution in [0.3, 0.4) is 0 Å². The van der Waals surface area contributed by atoms with Gasteiger partial charge in [0.2, 0.25) is 5.91 Å². The number of carbonyl (C=O) groups is 2. The number of halogens is 1. The molecule has 0 aliphatic carbocycles. The maximum Gasteiger partial charge on any atom is 0.271 e. The molecule has 2 aromatic carbocycles. The molecule has 0 unspecified atom stereocenters. The zero-order chi connectivity index (χ0) is 17.8. The predicted octanol–water partition coefficient (Wildman–Crippen LogP) is 2.03. The van der Waals surface area contributed by atoms with Gasteiger partial charge in [-0.1, -0.05) is 18.2 Å². The van der Waals surface area contributed by atoms with E-state index in [4.69, 9.17) is 5.73 Å². The normalized spacial score (nSPS) is 11.1. The lowest BCUT2D eigenvalue weighted by Crippen LogP contribution is -2.18. The van der Waals surface area contributed by atoms with Gasteiger partial charge in [0.25, 0.3) is 5.91 Å². The number of benzene rings is 2. The number of fused-ring (bicyclic) bond motifs is 1. The summed E-state index contributed by atoms with van der Waals surface area (Å²) in [5.41, 5.74) is 9.53. The van der Waals surface area contributed by atoms with E-state index in [0.717, 1.165) is 16.5 Å². The lowest BCUT2D eigenvalue weighted by atomic mass is 10.2. The third-order valence-electron chi connectivity index (χ3n) is 3.62. The molecule has 1 aromatic heterocycles. The van der Waals surface area contributed by atoms with Crippen molar-refractivity contribution in [3.8, 4) is 0 Å². The fourth-order valence-electron chi connectivity index (χ4n) is 2.50. The largest absolute Gasteiger partial charge is 0.368 e. The Kier molecular flexibility index (Phi) is 4.56. The van der Waals surface area contributed by atoms with Crippen molar-refractivity contribution in [3.05, 3.63) is 71.7 Å². The standard InChI is InChI=1S/C18H15FN4O2/c19-14-7-5-12(6-8-14)18(25)22-21-9-13-10-23(11-17(20)24)16-4-2-1-3-15(13)16/h1-10H,11H2,(H2,20,24)(H,22,25)/b21-9-. The van der Waals surface area contributed by atoms with Gasteiger partial charge >= 0.3 is 0 Å². The smallest absolute Gasteiger partial charge is 0.271 e. The lowest BCUT2D eigenvalue weighted by Gasteiger charge is -2.00. The number of hydrogen-bond donors (Lipinski definition) is 2. The molecule has 3 N–H and O–H groups in total. The number of nitrogens with two attached hydrogens (primary N) is 1. The van der Waals surface area contributed by atoms with Crippen molar-refractivity contribution in [2.75, 3.05) is 0 Å². The Labute approximate surface area is 142 Å². The van der Waals surface area contributed by atoms with Gasteiger partial charge in [0.05, 0.1) is 6.21 Å². The molecule has 7 heteroatoms. The molecule has 6 nitrogen and oxygen atoms in total. The molecule has 3 aromatic rings. The molecule has 1 heterocycles. The van der Waals surface area contributed by atoms with Crippen molar-refractivity contribution in [1.29, 1.82) is 0 Å². The van der Waals surface area contributed by atoms with Gasteiger partial charge in [0.15, 0.2) is 0 Å². The van der Waals surface area contributed by atoms with Gasteiger partial charge in [-0.15, -0.1) is 0 Å². The average Bonchev–Trinajstić information content (AvgIpc) is 2.93. The Morgan fingerprint density at radius 1 is 1.16 bits per heavy atom. The van der Waals surface area contributed by atoms with Crippen LogP contribution in [0.4, 0.5) is 4.39 Å². The molecule has 0 aliphatic rings. The quantitative estimate of drug-likeness (QED) is 0.550. The summed E-state index contributed by atoms with van der Waals surface area (Å²) in [7, 11) is 0. The molecule has 0 fully saturated rings. The number of nitrogens with zero attached hydrogens (tertiary/aromatic N) is 2. The van der Waals surface area contributed by atoms with Gasteiger partial charge in [-0.25, -0.2) is 9.82 Å². The first-order valence-corrected chi connectivity index (χ1v) is 7.50. The van der Waals surface area contributed by atoms with E-state index in [2.05, 4.69) is 10.5 Å². The number of amides is 2. The monoisotopic (exact) mass is 338 g/mol. The Hall–Kier alpha value is -3.48. The molecule has 0 radical (unpaired) electrons. The lowest BCUT2D eigenvalue weighted by molar-refractivity contribution is -0.118. The number of aromatic nitrogens is 1. The van der Waals surface area contributed by atoms with E-state index in [1.54, 1.807) is 10.8 Å². The molecule has 0 aliphatic heterocycles. The number of hydrogen-bond acceptors (Lipinski definition) is 3. The summed E-state index contributed by atoms with van der Waals surface area (Å²) in [6, 6.07) is 12.6. The zero-order valence-corrected chi connectivity index (χ0v) is 13.1. The first-order chi connectivity index (χ1) is 12.0. The van der Waals surface area contributed by atoms with E-state index < -0.39 is 17.6 Å². The Morgan fingerprint density at radius 2 is 1.88 bits per heavy atom. The molecule has 0 atom stereocenters. The third-order valence-corrected chi connectivity index (χ3v) is 3.62. The summed E-state index contributed by atoms with van der Waals surface area (Å²) < 4.78 is 14.6. The number of nitrogens with one attached hydrogen (secondary N) is 1. The minimum absolute atomic E-state index is 0.0519. The van der Waals surface area contributed by atoms with E-state index in [-0.39, 0.29) is 6.54 Å². The second-order valence-corrected chi connectivity index (χ2v) is 5.40. The van der Waals surface area contributed by atoms with Crippen molar-refractivity contribution in [3.63, 3.8) is 0 Å². The van der Waals surface area contributed by atoms with E-state index in [1.165, 1.54) is 30.5 Å². The van der Waals surface area contributed by atoms with Crippen LogP contribution in [0.5, 0.6) is 0 Å². The molecule has 25 heavy (non-hydrogen) atoms. The summed E-state index contributed by atoms with van der Waals surface area (Å²) >= 11 is 0. The highest BCUT2D eigenvalue weighted by Gasteiger charge is 2.08. The van der Waals surface area contributed by atoms with Gasteiger partial charge in [-0.3, -0.25) is 9.59 Å². The molecular weight excluding hydrogens is 323 g/mol. The number of hydrazone groups is 1. The third kappa shape index (κ3) is 3.72. The molecule has 3 rings (SSSR count). The summed E-state index contributed by atoms with van der Waals surface area (Å²) in [6.45, 7) is 0.0519. The molecule has 0 saturated carbocycles. The zero-order valence-electron chi connectivity index (χ0n) is 13.1. The van der Waals surface area contributed by atoms with Crippen LogP contribution in [0.2, 0.25) is 0 Å². The second-order valence-electron chi connectivity index (χ2n) is 5.40. The molecule has 0 spiro atoms. The Morgan fingerprint density at radius 3 is 2.60 bits per heavy atom. The maximum atomic E-state index is 12.9. The van der Waals surface area contributed by atoms with Crippen molar-refractivity contribution in [2.45, 2.75) is 6.54 Å². The van der Waals surface area contributed by atoms with Crippen LogP contribution in [0.1, 0.15) is 15.9 Å². The van der Waals surface area contributed by atoms with E-state index in [0.29, 0.717) is 5.56 Å². The topological polar surface area (TPSA) is 89.5 Å². The Bertz CT molecular complexity index is 961. The first-order valence-electron chi connectivity index (χ1n) is 7.50. The van der Waals surface area contributed by atoms with Gasteiger partial charge in [0.1, 0.15) is 12.4 Å². The average molecular weight is 338 g/mol. The molecule has 2 amide bonds. The SMILES string of the molecule is NC(=O)Cn1cc(/C=N\NC(=O)c2ccc(F)cc2)c2ccccc21. The maximum absolute atomic E-state index is 12.9. The van der Waals surface area contributed by atoms with Crippen molar-refractivity contribution < 1.29 is 14.0 Å². The molecule has 126 valence electrons. The molecular formula is C18H15FN4O2. The fraction of sp³-hybridized carbons (Fsp3) is 0.0556. The first kappa shape index (κ1) is 16.4. The van der Waals surface area contributed by atoms with Crippen LogP contribution in [0.15, 0.2) is 59.8 Å². The second kappa shape index (κ2) is 6.96. The van der Waals surface area contributed by atoms with Crippen molar-refractivity contribution in [2.24, 2.45) is 10.8 Å². The minimum Gasteiger partial charge on any atom is -0.368 e. The van der Waals surface area contributed by atoms with E-state index in [9.17, 15) is 14.0 Å². The number of primary amides is 1. The molecule has 0 bridgehead atoms. The highest BCUT2D eigenvalue weighted by molar-refractivity contribution is 6.01. The van der Waals surface area contributed by atoms with Crippen LogP contribution in [0.25, 0.3) is 10.9 Å². The van der Waals surface area contributed by atoms with Crippen molar-refractivity contribution >= 4 is 28.9 Å². The van der Waals surface area contributed by atoms with Crippen LogP contribution in [-0.4, -0.2) is 22.6 Å². The highest BCUT2D eigenvalue weighted by Crippen LogP contribution is 2.19. The summed E-state index contributed by atoms with van der Waals surface area (Å²) in [5.74, 6) is -1.31. The van der Waals surface area contributed by atoms with Gasteiger partial charge < -0.3 is 10.3 Å². The highest BCUT2D eigenvalue weighted by atomic mass is 19.1. The summed E-state index contributed by atoms with van der Waals surface area (Å²) in [4.78, 5) is 23.1. The number of carbonyl (C=O) groups excluding carboxylic acids is 2. The van der Waals surface area contributed by atoms with Crippen LogP contribution in [0, 0.1) is 5.82 Å². The van der Waals surface area contributed by atoms with Crippen LogP contribution < -0.4 is 11.2 Å². The number of para-hydroxylation sites is 1. The van der Waals surface area contributed by atoms with Gasteiger partial charge in [-0.05, 0) is 30.3 Å². The number of rotatable bonds is 5. The van der Waals surface area contributed by atoms with Gasteiger partial charge in [-0.2, -0.15) is 5.10 Å². The molecule has 0 saturated heterocycles. The Balaban J connectivity index is 1.80. The predicted molar refractivity (Wildman–Crippen MR) is 92.6 cm³/mol. The fourth-order valence-corrected chi connectivity index (χ4v) is 2.50. The van der Waals surface area contributed by atoms with Gasteiger partial charge in [0, 0.05) is 28.2 Å². The summed E-state index contributed by atoms with van der Waals surface area (Å²) in [6.07, 6.45) is 3.23. The van der Waals surface area contributed by atoms with E-state index >= 15 is 0 Å². The van der Waals surface area contributed by atoms with Crippen molar-refractivity contribution in [1.82, 2.24) is 9.99 Å². The minimum atomic E-state index is -0.450. The van der Waals surface area contributed by atoms with E-state index in [1.807, 2.05) is 24.3 Å². The summed E-state index contributed by atoms with van der Waals surface area (Å²) in [5, 5.41) is 4.81. The van der Waals surface area contributed by atoms with Crippen LogP contribution in [-0.2, 0) is 11.3 Å².